The van der Waals surface area contributed by atoms with Crippen LogP contribution in [0.5, 0.6) is 0 Å². The summed E-state index contributed by atoms with van der Waals surface area (Å²) in [6.07, 6.45) is -2.84. The van der Waals surface area contributed by atoms with Crippen molar-refractivity contribution in [3.8, 4) is 11.3 Å². The average Bonchev–Trinajstić information content (AvgIpc) is 2.77. The fourth-order valence-corrected chi connectivity index (χ4v) is 2.04. The summed E-state index contributed by atoms with van der Waals surface area (Å²) in [6.45, 7) is 0. The van der Waals surface area contributed by atoms with Crippen LogP contribution >= 0.6 is 27.5 Å². The van der Waals surface area contributed by atoms with Crippen molar-refractivity contribution in [1.82, 2.24) is 0 Å². The first kappa shape index (κ1) is 14.2. The molecule has 1 aromatic heterocycles. The third-order valence-corrected chi connectivity index (χ3v) is 3.00. The van der Waals surface area contributed by atoms with Crippen LogP contribution in [0.1, 0.15) is 11.3 Å². The number of halogens is 5. The molecule has 6 heteroatoms. The Morgan fingerprint density at radius 2 is 1.89 bits per heavy atom. The first-order chi connectivity index (χ1) is 8.91. The lowest BCUT2D eigenvalue weighted by atomic mass is 10.1. The van der Waals surface area contributed by atoms with Crippen LogP contribution in [0.15, 0.2) is 39.7 Å². The summed E-state index contributed by atoms with van der Waals surface area (Å²) in [7, 11) is 0. The second kappa shape index (κ2) is 5.43. The average molecular weight is 352 g/mol. The lowest BCUT2D eigenvalue weighted by molar-refractivity contribution is -0.137. The van der Waals surface area contributed by atoms with E-state index < -0.39 is 11.7 Å². The van der Waals surface area contributed by atoms with Crippen LogP contribution in [0.25, 0.3) is 17.4 Å². The van der Waals surface area contributed by atoms with Gasteiger partial charge in [0.05, 0.1) is 10.6 Å². The topological polar surface area (TPSA) is 13.1 Å². The predicted octanol–water partition coefficient (Wildman–Crippen LogP) is 5.98. The minimum Gasteiger partial charge on any atom is -0.457 e. The molecule has 1 aromatic carbocycles. The van der Waals surface area contributed by atoms with Crippen molar-refractivity contribution in [2.45, 2.75) is 6.18 Å². The highest BCUT2D eigenvalue weighted by molar-refractivity contribution is 9.11. The zero-order valence-electron chi connectivity index (χ0n) is 9.34. The fourth-order valence-electron chi connectivity index (χ4n) is 1.56. The first-order valence-electron chi connectivity index (χ1n) is 5.15. The molecule has 19 heavy (non-hydrogen) atoms. The van der Waals surface area contributed by atoms with E-state index in [1.165, 1.54) is 12.1 Å². The van der Waals surface area contributed by atoms with Crippen molar-refractivity contribution < 1.29 is 17.6 Å². The molecule has 1 heterocycles. The summed E-state index contributed by atoms with van der Waals surface area (Å²) >= 11 is 8.65. The van der Waals surface area contributed by atoms with E-state index in [0.29, 0.717) is 17.1 Å². The van der Waals surface area contributed by atoms with Crippen LogP contribution in [-0.4, -0.2) is 0 Å². The highest BCUT2D eigenvalue weighted by atomic mass is 79.9. The van der Waals surface area contributed by atoms with Crippen LogP contribution in [-0.2, 0) is 6.18 Å². The first-order valence-corrected chi connectivity index (χ1v) is 6.45. The number of rotatable bonds is 2. The summed E-state index contributed by atoms with van der Waals surface area (Å²) < 4.78 is 43.6. The van der Waals surface area contributed by atoms with Crippen LogP contribution in [0.3, 0.4) is 0 Å². The molecule has 2 rings (SSSR count). The van der Waals surface area contributed by atoms with Gasteiger partial charge in [-0.05, 0) is 41.4 Å². The van der Waals surface area contributed by atoms with Crippen molar-refractivity contribution in [2.24, 2.45) is 0 Å². The second-order valence-electron chi connectivity index (χ2n) is 3.69. The quantitative estimate of drug-likeness (QED) is 0.648. The van der Waals surface area contributed by atoms with Crippen molar-refractivity contribution in [1.29, 1.82) is 0 Å². The molecule has 0 radical (unpaired) electrons. The monoisotopic (exact) mass is 350 g/mol. The third kappa shape index (κ3) is 3.22. The van der Waals surface area contributed by atoms with E-state index in [1.54, 1.807) is 23.2 Å². The predicted molar refractivity (Wildman–Crippen MR) is 72.1 cm³/mol. The molecule has 0 amide bonds. The van der Waals surface area contributed by atoms with Crippen molar-refractivity contribution in [2.75, 3.05) is 0 Å². The number of benzene rings is 1. The lowest BCUT2D eigenvalue weighted by Gasteiger charge is -2.09. The van der Waals surface area contributed by atoms with Gasteiger partial charge < -0.3 is 4.42 Å². The van der Waals surface area contributed by atoms with Crippen molar-refractivity contribution in [3.05, 3.63) is 51.7 Å². The standard InChI is InChI=1S/C13H7BrClF3O/c14-6-5-9-2-4-12(19-9)8-1-3-11(15)10(7-8)13(16,17)18/h1-7H. The minimum atomic E-state index is -4.49. The highest BCUT2D eigenvalue weighted by Crippen LogP contribution is 2.37. The Balaban J connectivity index is 2.45. The van der Waals surface area contributed by atoms with Crippen molar-refractivity contribution >= 4 is 33.6 Å². The molecule has 0 aliphatic heterocycles. The van der Waals surface area contributed by atoms with Gasteiger partial charge in [0.2, 0.25) is 0 Å². The molecule has 0 spiro atoms. The molecule has 0 aliphatic rings. The van der Waals surface area contributed by atoms with E-state index in [-0.39, 0.29) is 5.02 Å². The molecular formula is C13H7BrClF3O. The fraction of sp³-hybridized carbons (Fsp3) is 0.0769. The smallest absolute Gasteiger partial charge is 0.417 e. The van der Waals surface area contributed by atoms with Crippen molar-refractivity contribution in [3.63, 3.8) is 0 Å². The SMILES string of the molecule is FC(F)(F)c1cc(-c2ccc(C=CBr)o2)ccc1Cl. The molecule has 100 valence electrons. The molecule has 0 N–H and O–H groups in total. The number of hydrogen-bond acceptors (Lipinski definition) is 1. The van der Waals surface area contributed by atoms with Crippen LogP contribution in [0.4, 0.5) is 13.2 Å². The minimum absolute atomic E-state index is 0.325. The van der Waals surface area contributed by atoms with Gasteiger partial charge in [-0.3, -0.25) is 0 Å². The third-order valence-electron chi connectivity index (χ3n) is 2.41. The highest BCUT2D eigenvalue weighted by Gasteiger charge is 2.33. The Hall–Kier alpha value is -1.20. The van der Waals surface area contributed by atoms with Gasteiger partial charge in [-0.1, -0.05) is 27.5 Å². The zero-order chi connectivity index (χ0) is 14.0. The summed E-state index contributed by atoms with van der Waals surface area (Å²) in [5.41, 5.74) is -0.549. The molecule has 0 saturated heterocycles. The lowest BCUT2D eigenvalue weighted by Crippen LogP contribution is -2.05. The van der Waals surface area contributed by atoms with Crippen LogP contribution in [0.2, 0.25) is 5.02 Å². The van der Waals surface area contributed by atoms with E-state index in [0.717, 1.165) is 6.07 Å². The second-order valence-corrected chi connectivity index (χ2v) is 4.62. The van der Waals surface area contributed by atoms with Crippen LogP contribution < -0.4 is 0 Å². The maximum Gasteiger partial charge on any atom is 0.417 e. The molecule has 0 atom stereocenters. The summed E-state index contributed by atoms with van der Waals surface area (Å²) in [6, 6.07) is 6.93. The molecule has 1 nitrogen and oxygen atoms in total. The molecular weight excluding hydrogens is 344 g/mol. The number of hydrogen-bond donors (Lipinski definition) is 0. The Morgan fingerprint density at radius 1 is 1.16 bits per heavy atom. The Kier molecular flexibility index (Phi) is 4.06. The van der Waals surface area contributed by atoms with E-state index in [4.69, 9.17) is 16.0 Å². The van der Waals surface area contributed by atoms with Gasteiger partial charge in [-0.2, -0.15) is 13.2 Å². The zero-order valence-corrected chi connectivity index (χ0v) is 11.7. The van der Waals surface area contributed by atoms with E-state index in [2.05, 4.69) is 15.9 Å². The largest absolute Gasteiger partial charge is 0.457 e. The van der Waals surface area contributed by atoms with Gasteiger partial charge in [0.25, 0.3) is 0 Å². The van der Waals surface area contributed by atoms with Gasteiger partial charge in [-0.15, -0.1) is 0 Å². The molecule has 0 fully saturated rings. The van der Waals surface area contributed by atoms with E-state index in [9.17, 15) is 13.2 Å². The molecule has 2 aromatic rings. The number of alkyl halides is 3. The normalized spacial score (nSPS) is 12.3. The Labute approximate surface area is 120 Å². The van der Waals surface area contributed by atoms with Gasteiger partial charge in [-0.25, -0.2) is 0 Å². The van der Waals surface area contributed by atoms with Gasteiger partial charge >= 0.3 is 6.18 Å². The number of furan rings is 1. The van der Waals surface area contributed by atoms with Crippen LogP contribution in [0, 0.1) is 0 Å². The summed E-state index contributed by atoms with van der Waals surface area (Å²) in [5.74, 6) is 0.887. The van der Waals surface area contributed by atoms with Gasteiger partial charge in [0.15, 0.2) is 0 Å². The summed E-state index contributed by atoms with van der Waals surface area (Å²) in [4.78, 5) is 1.60. The molecule has 0 unspecified atom stereocenters. The van der Waals surface area contributed by atoms with Gasteiger partial charge in [0.1, 0.15) is 11.5 Å². The van der Waals surface area contributed by atoms with E-state index >= 15 is 0 Å². The molecule has 0 bridgehead atoms. The van der Waals surface area contributed by atoms with Gasteiger partial charge in [0, 0.05) is 5.56 Å². The summed E-state index contributed by atoms with van der Waals surface area (Å²) in [5, 5.41) is -0.330. The Morgan fingerprint density at radius 3 is 2.53 bits per heavy atom. The van der Waals surface area contributed by atoms with E-state index in [1.807, 2.05) is 0 Å². The molecule has 0 aliphatic carbocycles. The maximum atomic E-state index is 12.7. The molecule has 0 saturated carbocycles. The Bertz CT molecular complexity index is 617. The maximum absolute atomic E-state index is 12.7.